The molecule has 1 aromatic heterocycles. The van der Waals surface area contributed by atoms with Gasteiger partial charge in [-0.2, -0.15) is 0 Å². The van der Waals surface area contributed by atoms with E-state index in [1.807, 2.05) is 23.6 Å². The van der Waals surface area contributed by atoms with E-state index in [9.17, 15) is 4.79 Å². The molecule has 0 atom stereocenters. The minimum absolute atomic E-state index is 0.0306. The molecule has 0 saturated carbocycles. The lowest BCUT2D eigenvalue weighted by molar-refractivity contribution is -0.113. The quantitative estimate of drug-likeness (QED) is 0.758. The molecule has 0 aliphatic rings. The summed E-state index contributed by atoms with van der Waals surface area (Å²) in [6, 6.07) is 8.07. The standard InChI is InChI=1S/C16H22N4OS/c1-3-5-6-13-7-9-14(10-8-13)18-15(21)11-22-16-19-17-12-20(16)4-2/h7-10,12H,3-6,11H2,1-2H3,(H,18,21). The molecular weight excluding hydrogens is 296 g/mol. The van der Waals surface area contributed by atoms with Crippen molar-refractivity contribution in [2.45, 2.75) is 44.8 Å². The maximum absolute atomic E-state index is 12.0. The summed E-state index contributed by atoms with van der Waals surface area (Å²) < 4.78 is 1.92. The van der Waals surface area contributed by atoms with Gasteiger partial charge in [0.15, 0.2) is 5.16 Å². The Labute approximate surface area is 135 Å². The first kappa shape index (κ1) is 16.5. The number of unbranched alkanes of at least 4 members (excludes halogenated alkanes) is 1. The van der Waals surface area contributed by atoms with Crippen LogP contribution < -0.4 is 5.32 Å². The zero-order valence-corrected chi connectivity index (χ0v) is 13.9. The Morgan fingerprint density at radius 3 is 2.73 bits per heavy atom. The Bertz CT molecular complexity index is 594. The molecule has 22 heavy (non-hydrogen) atoms. The zero-order chi connectivity index (χ0) is 15.8. The van der Waals surface area contributed by atoms with Crippen molar-refractivity contribution in [3.05, 3.63) is 36.2 Å². The monoisotopic (exact) mass is 318 g/mol. The van der Waals surface area contributed by atoms with Crippen molar-refractivity contribution in [3.63, 3.8) is 0 Å². The van der Waals surface area contributed by atoms with E-state index in [-0.39, 0.29) is 5.91 Å². The molecule has 2 rings (SSSR count). The molecule has 0 radical (unpaired) electrons. The summed E-state index contributed by atoms with van der Waals surface area (Å²) in [5.74, 6) is 0.299. The predicted molar refractivity (Wildman–Crippen MR) is 90.1 cm³/mol. The highest BCUT2D eigenvalue weighted by atomic mass is 32.2. The molecule has 5 nitrogen and oxygen atoms in total. The van der Waals surface area contributed by atoms with Gasteiger partial charge in [-0.05, 0) is 37.5 Å². The fourth-order valence-electron chi connectivity index (χ4n) is 2.04. The van der Waals surface area contributed by atoms with Crippen LogP contribution in [0.5, 0.6) is 0 Å². The van der Waals surface area contributed by atoms with E-state index >= 15 is 0 Å². The molecule has 118 valence electrons. The molecule has 2 aromatic rings. The first-order chi connectivity index (χ1) is 10.7. The number of nitrogens with one attached hydrogen (secondary N) is 1. The van der Waals surface area contributed by atoms with Gasteiger partial charge in [0.05, 0.1) is 5.75 Å². The first-order valence-corrected chi connectivity index (χ1v) is 8.61. The molecule has 0 bridgehead atoms. The van der Waals surface area contributed by atoms with Crippen LogP contribution in [0.1, 0.15) is 32.3 Å². The number of amides is 1. The van der Waals surface area contributed by atoms with Crippen LogP contribution in [0.3, 0.4) is 0 Å². The second kappa shape index (κ2) is 8.58. The number of anilines is 1. The molecule has 0 unspecified atom stereocenters. The molecule has 0 aliphatic heterocycles. The van der Waals surface area contributed by atoms with Gasteiger partial charge in [-0.1, -0.05) is 37.2 Å². The molecule has 1 heterocycles. The summed E-state index contributed by atoms with van der Waals surface area (Å²) in [6.07, 6.45) is 5.15. The molecule has 1 aromatic carbocycles. The SMILES string of the molecule is CCCCc1ccc(NC(=O)CSc2nncn2CC)cc1. The average molecular weight is 318 g/mol. The number of rotatable bonds is 8. The molecule has 6 heteroatoms. The number of carbonyl (C=O) groups is 1. The van der Waals surface area contributed by atoms with Crippen molar-refractivity contribution in [2.24, 2.45) is 0 Å². The van der Waals surface area contributed by atoms with Crippen LogP contribution in [0.25, 0.3) is 0 Å². The Kier molecular flexibility index (Phi) is 6.45. The largest absolute Gasteiger partial charge is 0.325 e. The van der Waals surface area contributed by atoms with Crippen molar-refractivity contribution in [1.29, 1.82) is 0 Å². The first-order valence-electron chi connectivity index (χ1n) is 7.62. The third-order valence-electron chi connectivity index (χ3n) is 3.31. The summed E-state index contributed by atoms with van der Waals surface area (Å²) in [6.45, 7) is 5.01. The van der Waals surface area contributed by atoms with E-state index in [2.05, 4.69) is 34.6 Å². The molecule has 0 spiro atoms. The van der Waals surface area contributed by atoms with Gasteiger partial charge in [0.1, 0.15) is 6.33 Å². The van der Waals surface area contributed by atoms with Crippen LogP contribution in [0.4, 0.5) is 5.69 Å². The van der Waals surface area contributed by atoms with E-state index < -0.39 is 0 Å². The lowest BCUT2D eigenvalue weighted by Crippen LogP contribution is -2.14. The smallest absolute Gasteiger partial charge is 0.234 e. The summed E-state index contributed by atoms with van der Waals surface area (Å²) in [4.78, 5) is 12.0. The van der Waals surface area contributed by atoms with Crippen LogP contribution in [-0.2, 0) is 17.8 Å². The summed E-state index contributed by atoms with van der Waals surface area (Å²) in [5.41, 5.74) is 2.15. The van der Waals surface area contributed by atoms with E-state index in [1.54, 1.807) is 6.33 Å². The molecule has 0 saturated heterocycles. The fourth-order valence-corrected chi connectivity index (χ4v) is 2.82. The van der Waals surface area contributed by atoms with Gasteiger partial charge in [0.2, 0.25) is 5.91 Å². The highest BCUT2D eigenvalue weighted by Crippen LogP contribution is 2.16. The molecule has 1 N–H and O–H groups in total. The second-order valence-corrected chi connectivity index (χ2v) is 5.98. The predicted octanol–water partition coefficient (Wildman–Crippen LogP) is 3.37. The van der Waals surface area contributed by atoms with Crippen LogP contribution in [0.15, 0.2) is 35.7 Å². The van der Waals surface area contributed by atoms with Gasteiger partial charge in [0, 0.05) is 12.2 Å². The van der Waals surface area contributed by atoms with Crippen molar-refractivity contribution < 1.29 is 4.79 Å². The van der Waals surface area contributed by atoms with Crippen molar-refractivity contribution in [2.75, 3.05) is 11.1 Å². The Hall–Kier alpha value is -1.82. The van der Waals surface area contributed by atoms with Gasteiger partial charge in [-0.15, -0.1) is 10.2 Å². The molecular formula is C16H22N4OS. The average Bonchev–Trinajstić information content (AvgIpc) is 3.00. The van der Waals surface area contributed by atoms with Crippen LogP contribution in [0.2, 0.25) is 0 Å². The third-order valence-corrected chi connectivity index (χ3v) is 4.29. The van der Waals surface area contributed by atoms with Crippen LogP contribution in [0, 0.1) is 0 Å². The number of hydrogen-bond acceptors (Lipinski definition) is 4. The van der Waals surface area contributed by atoms with Gasteiger partial charge in [0.25, 0.3) is 0 Å². The highest BCUT2D eigenvalue weighted by molar-refractivity contribution is 7.99. The van der Waals surface area contributed by atoms with Crippen LogP contribution >= 0.6 is 11.8 Å². The third kappa shape index (κ3) is 4.87. The second-order valence-electron chi connectivity index (χ2n) is 5.04. The minimum Gasteiger partial charge on any atom is -0.325 e. The lowest BCUT2D eigenvalue weighted by atomic mass is 10.1. The van der Waals surface area contributed by atoms with E-state index in [4.69, 9.17) is 0 Å². The number of thioether (sulfide) groups is 1. The zero-order valence-electron chi connectivity index (χ0n) is 13.1. The summed E-state index contributed by atoms with van der Waals surface area (Å²) in [5, 5.41) is 11.5. The minimum atomic E-state index is -0.0306. The van der Waals surface area contributed by atoms with Crippen molar-refractivity contribution in [1.82, 2.24) is 14.8 Å². The number of nitrogens with zero attached hydrogens (tertiary/aromatic N) is 3. The summed E-state index contributed by atoms with van der Waals surface area (Å²) in [7, 11) is 0. The van der Waals surface area contributed by atoms with Crippen molar-refractivity contribution in [3.8, 4) is 0 Å². The molecule has 1 amide bonds. The number of carbonyl (C=O) groups excluding carboxylic acids is 1. The Morgan fingerprint density at radius 2 is 2.05 bits per heavy atom. The van der Waals surface area contributed by atoms with E-state index in [0.717, 1.165) is 23.8 Å². The van der Waals surface area contributed by atoms with Gasteiger partial charge >= 0.3 is 0 Å². The van der Waals surface area contributed by atoms with Gasteiger partial charge < -0.3 is 9.88 Å². The van der Waals surface area contributed by atoms with Gasteiger partial charge in [-0.25, -0.2) is 0 Å². The highest BCUT2D eigenvalue weighted by Gasteiger charge is 2.08. The van der Waals surface area contributed by atoms with Crippen LogP contribution in [-0.4, -0.2) is 26.4 Å². The van der Waals surface area contributed by atoms with E-state index in [1.165, 1.54) is 30.2 Å². The molecule has 0 fully saturated rings. The molecule has 0 aliphatic carbocycles. The fraction of sp³-hybridized carbons (Fsp3) is 0.438. The normalized spacial score (nSPS) is 10.6. The topological polar surface area (TPSA) is 59.8 Å². The number of aromatic nitrogens is 3. The van der Waals surface area contributed by atoms with E-state index in [0.29, 0.717) is 5.75 Å². The number of hydrogen-bond donors (Lipinski definition) is 1. The Morgan fingerprint density at radius 1 is 1.27 bits per heavy atom. The maximum atomic E-state index is 12.0. The summed E-state index contributed by atoms with van der Waals surface area (Å²) >= 11 is 1.40. The number of aryl methyl sites for hydroxylation is 2. The lowest BCUT2D eigenvalue weighted by Gasteiger charge is -2.07. The van der Waals surface area contributed by atoms with Gasteiger partial charge in [-0.3, -0.25) is 4.79 Å². The van der Waals surface area contributed by atoms with Crippen molar-refractivity contribution >= 4 is 23.4 Å². The Balaban J connectivity index is 1.81. The number of benzene rings is 1. The maximum Gasteiger partial charge on any atom is 0.234 e.